The molecule has 0 saturated heterocycles. The number of aromatic nitrogens is 2. The summed E-state index contributed by atoms with van der Waals surface area (Å²) in [4.78, 5) is 7.74. The molecule has 0 amide bonds. The molecule has 1 aromatic rings. The van der Waals surface area contributed by atoms with Gasteiger partial charge in [-0.05, 0) is 24.1 Å². The molecule has 0 spiro atoms. The molecule has 8 heteroatoms. The highest BCUT2D eigenvalue weighted by atomic mass is 35.5. The van der Waals surface area contributed by atoms with Crippen molar-refractivity contribution < 1.29 is 8.42 Å². The molecule has 0 aliphatic heterocycles. The number of nitrogens with one attached hydrogen (secondary N) is 1. The van der Waals surface area contributed by atoms with E-state index >= 15 is 0 Å². The highest BCUT2D eigenvalue weighted by Crippen LogP contribution is 2.06. The molecule has 0 bridgehead atoms. The summed E-state index contributed by atoms with van der Waals surface area (Å²) in [5.41, 5.74) is 0. The van der Waals surface area contributed by atoms with E-state index in [1.165, 1.54) is 10.6 Å². The lowest BCUT2D eigenvalue weighted by molar-refractivity contribution is 0.428. The zero-order chi connectivity index (χ0) is 13.6. The minimum atomic E-state index is -3.11. The average Bonchev–Trinajstić information content (AvgIpc) is 2.27. The van der Waals surface area contributed by atoms with Crippen molar-refractivity contribution in [2.24, 2.45) is 0 Å². The van der Waals surface area contributed by atoms with Crippen molar-refractivity contribution >= 4 is 27.4 Å². The summed E-state index contributed by atoms with van der Waals surface area (Å²) in [5, 5.41) is 3.25. The van der Waals surface area contributed by atoms with Crippen molar-refractivity contribution in [2.75, 3.05) is 31.2 Å². The Balaban J connectivity index is 2.35. The Bertz CT molecular complexity index is 481. The minimum Gasteiger partial charge on any atom is -0.370 e. The van der Waals surface area contributed by atoms with Crippen molar-refractivity contribution in [3.8, 4) is 0 Å². The molecule has 0 saturated carbocycles. The number of sulfonamides is 1. The molecule has 6 nitrogen and oxygen atoms in total. The molecule has 1 rings (SSSR count). The lowest BCUT2D eigenvalue weighted by Gasteiger charge is -2.17. The summed E-state index contributed by atoms with van der Waals surface area (Å²) < 4.78 is 24.1. The fraction of sp³-hybridized carbons (Fsp3) is 0.600. The number of nitrogens with zero attached hydrogens (tertiary/aromatic N) is 3. The second-order valence-corrected chi connectivity index (χ2v) is 6.07. The van der Waals surface area contributed by atoms with Crippen LogP contribution in [0.15, 0.2) is 12.3 Å². The first-order valence-electron chi connectivity index (χ1n) is 5.61. The van der Waals surface area contributed by atoms with Crippen molar-refractivity contribution in [1.29, 1.82) is 0 Å². The minimum absolute atomic E-state index is 0.186. The van der Waals surface area contributed by atoms with Crippen LogP contribution >= 0.6 is 11.6 Å². The summed E-state index contributed by atoms with van der Waals surface area (Å²) in [6, 6.07) is 1.71. The maximum absolute atomic E-state index is 11.3. The summed E-state index contributed by atoms with van der Waals surface area (Å²) >= 11 is 5.64. The average molecular weight is 293 g/mol. The Morgan fingerprint density at radius 1 is 1.50 bits per heavy atom. The molecule has 0 atom stereocenters. The normalized spacial score (nSPS) is 11.8. The van der Waals surface area contributed by atoms with Gasteiger partial charge < -0.3 is 5.32 Å². The topological polar surface area (TPSA) is 75.2 Å². The van der Waals surface area contributed by atoms with Gasteiger partial charge in [-0.1, -0.05) is 6.92 Å². The molecule has 0 fully saturated rings. The van der Waals surface area contributed by atoms with Gasteiger partial charge in [0.2, 0.25) is 15.3 Å². The van der Waals surface area contributed by atoms with E-state index in [0.717, 1.165) is 0 Å². The first-order chi connectivity index (χ1) is 8.43. The fourth-order valence-electron chi connectivity index (χ4n) is 1.46. The predicted molar refractivity (Wildman–Crippen MR) is 72.2 cm³/mol. The van der Waals surface area contributed by atoms with Gasteiger partial charge in [0.15, 0.2) is 0 Å². The van der Waals surface area contributed by atoms with E-state index in [-0.39, 0.29) is 5.28 Å². The van der Waals surface area contributed by atoms with Crippen LogP contribution in [-0.2, 0) is 10.0 Å². The lowest BCUT2D eigenvalue weighted by Crippen LogP contribution is -2.31. The quantitative estimate of drug-likeness (QED) is 0.604. The van der Waals surface area contributed by atoms with Crippen LogP contribution in [0.5, 0.6) is 0 Å². The molecule has 18 heavy (non-hydrogen) atoms. The Morgan fingerprint density at radius 3 is 2.78 bits per heavy atom. The maximum atomic E-state index is 11.3. The third kappa shape index (κ3) is 5.16. The van der Waals surface area contributed by atoms with Crippen LogP contribution in [0.25, 0.3) is 0 Å². The highest BCUT2D eigenvalue weighted by Gasteiger charge is 2.12. The van der Waals surface area contributed by atoms with E-state index in [1.54, 1.807) is 12.3 Å². The largest absolute Gasteiger partial charge is 0.370 e. The number of anilines is 1. The Labute approximate surface area is 112 Å². The van der Waals surface area contributed by atoms with Crippen molar-refractivity contribution in [3.63, 3.8) is 0 Å². The first kappa shape index (κ1) is 15.1. The maximum Gasteiger partial charge on any atom is 0.224 e. The number of hydrogen-bond acceptors (Lipinski definition) is 5. The van der Waals surface area contributed by atoms with Crippen LogP contribution in [0.1, 0.15) is 13.3 Å². The second kappa shape index (κ2) is 6.86. The smallest absolute Gasteiger partial charge is 0.224 e. The van der Waals surface area contributed by atoms with Gasteiger partial charge >= 0.3 is 0 Å². The van der Waals surface area contributed by atoms with Crippen molar-refractivity contribution in [3.05, 3.63) is 17.5 Å². The van der Waals surface area contributed by atoms with Crippen molar-refractivity contribution in [2.45, 2.75) is 13.3 Å². The fourth-order valence-corrected chi connectivity index (χ4v) is 2.54. The Kier molecular flexibility index (Phi) is 5.77. The van der Waals surface area contributed by atoms with E-state index in [4.69, 9.17) is 11.6 Å². The van der Waals surface area contributed by atoms with Gasteiger partial charge in [0.1, 0.15) is 5.82 Å². The van der Waals surface area contributed by atoms with E-state index in [2.05, 4.69) is 15.3 Å². The molecule has 102 valence electrons. The van der Waals surface area contributed by atoms with Gasteiger partial charge in [-0.3, -0.25) is 0 Å². The van der Waals surface area contributed by atoms with Crippen LogP contribution in [0.4, 0.5) is 5.82 Å². The van der Waals surface area contributed by atoms with Crippen LogP contribution in [-0.4, -0.2) is 48.6 Å². The van der Waals surface area contributed by atoms with Gasteiger partial charge in [-0.15, -0.1) is 0 Å². The highest BCUT2D eigenvalue weighted by molar-refractivity contribution is 7.88. The van der Waals surface area contributed by atoms with Crippen LogP contribution in [0.2, 0.25) is 5.28 Å². The summed E-state index contributed by atoms with van der Waals surface area (Å²) in [6.07, 6.45) is 3.48. The zero-order valence-corrected chi connectivity index (χ0v) is 12.0. The van der Waals surface area contributed by atoms with Crippen LogP contribution in [0, 0.1) is 0 Å². The predicted octanol–water partition coefficient (Wildman–Crippen LogP) is 1.21. The summed E-state index contributed by atoms with van der Waals surface area (Å²) in [7, 11) is -3.11. The zero-order valence-electron chi connectivity index (χ0n) is 10.4. The molecular formula is C10H17ClN4O2S. The standard InChI is InChI=1S/C10H17ClN4O2S/c1-3-15(18(2,16)17)8-4-6-12-9-5-7-13-10(11)14-9/h5,7H,3-4,6,8H2,1-2H3,(H,12,13,14). The number of rotatable bonds is 7. The molecular weight excluding hydrogens is 276 g/mol. The van der Waals surface area contributed by atoms with Gasteiger partial charge in [-0.2, -0.15) is 0 Å². The molecule has 1 N–H and O–H groups in total. The van der Waals surface area contributed by atoms with Gasteiger partial charge in [0.25, 0.3) is 0 Å². The molecule has 0 aliphatic carbocycles. The van der Waals surface area contributed by atoms with Crippen molar-refractivity contribution in [1.82, 2.24) is 14.3 Å². The molecule has 0 aliphatic rings. The summed E-state index contributed by atoms with van der Waals surface area (Å²) in [5.74, 6) is 0.636. The lowest BCUT2D eigenvalue weighted by atomic mass is 10.4. The van der Waals surface area contributed by atoms with Gasteiger partial charge in [0.05, 0.1) is 6.26 Å². The molecule has 0 unspecified atom stereocenters. The van der Waals surface area contributed by atoms with E-state index in [1.807, 2.05) is 6.92 Å². The van der Waals surface area contributed by atoms with E-state index in [0.29, 0.717) is 31.9 Å². The first-order valence-corrected chi connectivity index (χ1v) is 7.83. The Morgan fingerprint density at radius 2 is 2.22 bits per heavy atom. The summed E-state index contributed by atoms with van der Waals surface area (Å²) in [6.45, 7) is 3.41. The van der Waals surface area contributed by atoms with Gasteiger partial charge in [-0.25, -0.2) is 22.7 Å². The molecule has 1 aromatic heterocycles. The third-order valence-electron chi connectivity index (χ3n) is 2.34. The third-order valence-corrected chi connectivity index (χ3v) is 3.90. The number of hydrogen-bond donors (Lipinski definition) is 1. The number of halogens is 1. The van der Waals surface area contributed by atoms with E-state index in [9.17, 15) is 8.42 Å². The Hall–Kier alpha value is -0.920. The molecule has 0 aromatic carbocycles. The molecule has 0 radical (unpaired) electrons. The van der Waals surface area contributed by atoms with Crippen LogP contribution in [0.3, 0.4) is 0 Å². The monoisotopic (exact) mass is 292 g/mol. The second-order valence-electron chi connectivity index (χ2n) is 3.75. The molecule has 1 heterocycles. The van der Waals surface area contributed by atoms with E-state index < -0.39 is 10.0 Å². The van der Waals surface area contributed by atoms with Crippen LogP contribution < -0.4 is 5.32 Å². The SMILES string of the molecule is CCN(CCCNc1ccnc(Cl)n1)S(C)(=O)=O. The van der Waals surface area contributed by atoms with Gasteiger partial charge in [0, 0.05) is 25.8 Å².